The van der Waals surface area contributed by atoms with E-state index in [9.17, 15) is 14.4 Å². The number of hydrogen-bond acceptors (Lipinski definition) is 6. The Morgan fingerprint density at radius 3 is 2.31 bits per heavy atom. The molecule has 0 saturated heterocycles. The third-order valence-corrected chi connectivity index (χ3v) is 5.56. The summed E-state index contributed by atoms with van der Waals surface area (Å²) in [6.07, 6.45) is 1.44. The van der Waals surface area contributed by atoms with Crippen LogP contribution in [-0.4, -0.2) is 30.6 Å². The summed E-state index contributed by atoms with van der Waals surface area (Å²) < 4.78 is 11.2. The zero-order valence-corrected chi connectivity index (χ0v) is 21.5. The van der Waals surface area contributed by atoms with Crippen molar-refractivity contribution in [3.63, 3.8) is 0 Å². The van der Waals surface area contributed by atoms with Crippen LogP contribution >= 0.6 is 0 Å². The first-order chi connectivity index (χ1) is 18.9. The van der Waals surface area contributed by atoms with Crippen molar-refractivity contribution in [2.45, 2.75) is 13.8 Å². The molecule has 0 radical (unpaired) electrons. The highest BCUT2D eigenvalue weighted by atomic mass is 16.6. The predicted octanol–water partition coefficient (Wildman–Crippen LogP) is 5.63. The summed E-state index contributed by atoms with van der Waals surface area (Å²) in [4.78, 5) is 38.0. The average molecular weight is 522 g/mol. The lowest BCUT2D eigenvalue weighted by atomic mass is 10.1. The molecular formula is C31H27N3O5. The van der Waals surface area contributed by atoms with Crippen molar-refractivity contribution in [3.05, 3.63) is 125 Å². The number of benzene rings is 4. The summed E-state index contributed by atoms with van der Waals surface area (Å²) in [6.45, 7) is 4.08. The Kier molecular flexibility index (Phi) is 8.82. The van der Waals surface area contributed by atoms with Crippen molar-refractivity contribution in [1.82, 2.24) is 5.43 Å². The van der Waals surface area contributed by atoms with E-state index < -0.39 is 11.9 Å². The van der Waals surface area contributed by atoms with E-state index in [0.29, 0.717) is 34.7 Å². The van der Waals surface area contributed by atoms with Gasteiger partial charge in [-0.25, -0.2) is 10.2 Å². The van der Waals surface area contributed by atoms with E-state index >= 15 is 0 Å². The molecule has 8 heteroatoms. The van der Waals surface area contributed by atoms with Gasteiger partial charge in [-0.05, 0) is 74.0 Å². The third kappa shape index (κ3) is 7.17. The van der Waals surface area contributed by atoms with Crippen LogP contribution in [0, 0.1) is 6.92 Å². The van der Waals surface area contributed by atoms with E-state index in [1.807, 2.05) is 26.0 Å². The fourth-order valence-corrected chi connectivity index (χ4v) is 3.69. The van der Waals surface area contributed by atoms with E-state index in [4.69, 9.17) is 9.47 Å². The van der Waals surface area contributed by atoms with Gasteiger partial charge in [0.05, 0.1) is 29.6 Å². The Hall–Kier alpha value is -5.24. The molecule has 2 amide bonds. The Bertz CT molecular complexity index is 1520. The zero-order chi connectivity index (χ0) is 27.6. The molecular weight excluding hydrogens is 494 g/mol. The van der Waals surface area contributed by atoms with Gasteiger partial charge in [0.1, 0.15) is 0 Å². The zero-order valence-electron chi connectivity index (χ0n) is 21.5. The maximum absolute atomic E-state index is 12.8. The molecule has 0 aliphatic carbocycles. The van der Waals surface area contributed by atoms with Crippen LogP contribution in [0.3, 0.4) is 0 Å². The number of nitrogens with one attached hydrogen (secondary N) is 2. The van der Waals surface area contributed by atoms with Gasteiger partial charge in [-0.3, -0.25) is 9.59 Å². The second kappa shape index (κ2) is 12.8. The second-order valence-electron chi connectivity index (χ2n) is 8.46. The standard InChI is InChI=1S/C31H27N3O5/c1-3-38-28-19-22(16-17-27(28)39-31(37)24-13-9-10-21(2)18-24)20-32-34-30(36)25-14-7-8-15-26(25)33-29(35)23-11-5-4-6-12-23/h4-20H,3H2,1-2H3,(H,33,35)(H,34,36)/b32-20-. The van der Waals surface area contributed by atoms with Gasteiger partial charge in [0.2, 0.25) is 0 Å². The highest BCUT2D eigenvalue weighted by Gasteiger charge is 2.15. The highest BCUT2D eigenvalue weighted by molar-refractivity contribution is 6.09. The molecule has 4 rings (SSSR count). The fraction of sp³-hybridized carbons (Fsp3) is 0.0968. The number of ether oxygens (including phenoxy) is 2. The number of esters is 1. The molecule has 8 nitrogen and oxygen atoms in total. The van der Waals surface area contributed by atoms with Crippen LogP contribution in [0.2, 0.25) is 0 Å². The van der Waals surface area contributed by atoms with Crippen molar-refractivity contribution < 1.29 is 23.9 Å². The van der Waals surface area contributed by atoms with Gasteiger partial charge >= 0.3 is 5.97 Å². The van der Waals surface area contributed by atoms with Crippen LogP contribution in [0.1, 0.15) is 49.1 Å². The van der Waals surface area contributed by atoms with Crippen LogP contribution in [0.15, 0.2) is 102 Å². The van der Waals surface area contributed by atoms with E-state index in [-0.39, 0.29) is 17.2 Å². The summed E-state index contributed by atoms with van der Waals surface area (Å²) in [5.74, 6) is -0.684. The van der Waals surface area contributed by atoms with Gasteiger partial charge in [0.25, 0.3) is 11.8 Å². The summed E-state index contributed by atoms with van der Waals surface area (Å²) in [5.41, 5.74) is 5.57. The van der Waals surface area contributed by atoms with Gasteiger partial charge < -0.3 is 14.8 Å². The molecule has 4 aromatic rings. The number of hydrogen-bond donors (Lipinski definition) is 2. The average Bonchev–Trinajstić information content (AvgIpc) is 2.95. The van der Waals surface area contributed by atoms with E-state index in [2.05, 4.69) is 15.8 Å². The third-order valence-electron chi connectivity index (χ3n) is 5.56. The van der Waals surface area contributed by atoms with Gasteiger partial charge in [-0.2, -0.15) is 5.10 Å². The summed E-state index contributed by atoms with van der Waals surface area (Å²) in [5, 5.41) is 6.81. The maximum Gasteiger partial charge on any atom is 0.343 e. The van der Waals surface area contributed by atoms with Gasteiger partial charge in [0.15, 0.2) is 11.5 Å². The lowest BCUT2D eigenvalue weighted by Crippen LogP contribution is -2.21. The first kappa shape index (κ1) is 26.8. The molecule has 0 spiro atoms. The minimum Gasteiger partial charge on any atom is -0.490 e. The van der Waals surface area contributed by atoms with Crippen molar-refractivity contribution in [2.75, 3.05) is 11.9 Å². The van der Waals surface area contributed by atoms with Gasteiger partial charge in [-0.1, -0.05) is 48.0 Å². The van der Waals surface area contributed by atoms with Crippen molar-refractivity contribution in [1.29, 1.82) is 0 Å². The monoisotopic (exact) mass is 521 g/mol. The van der Waals surface area contributed by atoms with Crippen LogP contribution < -0.4 is 20.2 Å². The predicted molar refractivity (Wildman–Crippen MR) is 150 cm³/mol. The molecule has 0 aliphatic heterocycles. The quantitative estimate of drug-likeness (QED) is 0.129. The summed E-state index contributed by atoms with van der Waals surface area (Å²) in [7, 11) is 0. The van der Waals surface area contributed by atoms with Crippen LogP contribution in [0.25, 0.3) is 0 Å². The maximum atomic E-state index is 12.8. The summed E-state index contributed by atoms with van der Waals surface area (Å²) >= 11 is 0. The number of carbonyl (C=O) groups excluding carboxylic acids is 3. The molecule has 196 valence electrons. The van der Waals surface area contributed by atoms with E-state index in [1.165, 1.54) is 6.21 Å². The minimum absolute atomic E-state index is 0.257. The highest BCUT2D eigenvalue weighted by Crippen LogP contribution is 2.29. The smallest absolute Gasteiger partial charge is 0.343 e. The number of carbonyl (C=O) groups is 3. The molecule has 0 fully saturated rings. The second-order valence-corrected chi connectivity index (χ2v) is 8.46. The molecule has 0 bridgehead atoms. The molecule has 0 aromatic heterocycles. The van der Waals surface area contributed by atoms with Gasteiger partial charge in [-0.15, -0.1) is 0 Å². The van der Waals surface area contributed by atoms with Crippen molar-refractivity contribution in [2.24, 2.45) is 5.10 Å². The Morgan fingerprint density at radius 1 is 0.795 bits per heavy atom. The van der Waals surface area contributed by atoms with Crippen molar-refractivity contribution >= 4 is 29.7 Å². The molecule has 0 aliphatic rings. The number of rotatable bonds is 9. The number of nitrogens with zero attached hydrogens (tertiary/aromatic N) is 1. The van der Waals surface area contributed by atoms with Crippen LogP contribution in [0.4, 0.5) is 5.69 Å². The topological polar surface area (TPSA) is 106 Å². The van der Waals surface area contributed by atoms with E-state index in [1.54, 1.807) is 84.9 Å². The van der Waals surface area contributed by atoms with Crippen LogP contribution in [-0.2, 0) is 0 Å². The largest absolute Gasteiger partial charge is 0.490 e. The molecule has 2 N–H and O–H groups in total. The summed E-state index contributed by atoms with van der Waals surface area (Å²) in [6, 6.07) is 27.5. The molecule has 0 unspecified atom stereocenters. The number of anilines is 1. The molecule has 0 heterocycles. The molecule has 0 atom stereocenters. The molecule has 0 saturated carbocycles. The number of amides is 2. The lowest BCUT2D eigenvalue weighted by Gasteiger charge is -2.12. The first-order valence-electron chi connectivity index (χ1n) is 12.3. The SMILES string of the molecule is CCOc1cc(/C=N\NC(=O)c2ccccc2NC(=O)c2ccccc2)ccc1OC(=O)c1cccc(C)c1. The first-order valence-corrected chi connectivity index (χ1v) is 12.3. The molecule has 4 aromatic carbocycles. The normalized spacial score (nSPS) is 10.6. The Labute approximate surface area is 226 Å². The fourth-order valence-electron chi connectivity index (χ4n) is 3.69. The van der Waals surface area contributed by atoms with Crippen LogP contribution in [0.5, 0.6) is 11.5 Å². The number of hydrazone groups is 1. The minimum atomic E-state index is -0.496. The number of para-hydroxylation sites is 1. The lowest BCUT2D eigenvalue weighted by molar-refractivity contribution is 0.0727. The Morgan fingerprint density at radius 2 is 1.54 bits per heavy atom. The van der Waals surface area contributed by atoms with Gasteiger partial charge in [0, 0.05) is 5.56 Å². The molecule has 39 heavy (non-hydrogen) atoms. The van der Waals surface area contributed by atoms with E-state index in [0.717, 1.165) is 5.56 Å². The Balaban J connectivity index is 1.44. The van der Waals surface area contributed by atoms with Crippen molar-refractivity contribution in [3.8, 4) is 11.5 Å². The number of aryl methyl sites for hydroxylation is 1.